The highest BCUT2D eigenvalue weighted by Crippen LogP contribution is 2.33. The monoisotopic (exact) mass is 495 g/mol. The van der Waals surface area contributed by atoms with Crippen molar-refractivity contribution < 1.29 is 19.3 Å². The van der Waals surface area contributed by atoms with E-state index < -0.39 is 6.10 Å². The smallest absolute Gasteiger partial charge is 0.227 e. The van der Waals surface area contributed by atoms with Gasteiger partial charge in [-0.2, -0.15) is 5.10 Å². The Balaban J connectivity index is 1.92. The number of rotatable bonds is 14. The Labute approximate surface area is 215 Å². The van der Waals surface area contributed by atoms with E-state index >= 15 is 0 Å². The predicted octanol–water partition coefficient (Wildman–Crippen LogP) is 5.47. The van der Waals surface area contributed by atoms with Gasteiger partial charge in [-0.25, -0.2) is 4.68 Å². The number of benzene rings is 2. The maximum absolute atomic E-state index is 10.7. The van der Waals surface area contributed by atoms with Crippen LogP contribution in [0.15, 0.2) is 54.6 Å². The summed E-state index contributed by atoms with van der Waals surface area (Å²) in [6, 6.07) is 17.5. The van der Waals surface area contributed by atoms with Crippen LogP contribution in [0.25, 0.3) is 5.69 Å². The lowest BCUT2D eigenvalue weighted by Gasteiger charge is -2.27. The molecule has 0 aliphatic rings. The Bertz CT molecular complexity index is 1070. The molecule has 1 N–H and O–H groups in total. The van der Waals surface area contributed by atoms with E-state index in [-0.39, 0.29) is 0 Å². The predicted molar refractivity (Wildman–Crippen MR) is 143 cm³/mol. The van der Waals surface area contributed by atoms with Crippen LogP contribution >= 0.6 is 0 Å². The van der Waals surface area contributed by atoms with Crippen LogP contribution in [0, 0.1) is 18.8 Å². The van der Waals surface area contributed by atoms with Gasteiger partial charge in [0.15, 0.2) is 0 Å². The van der Waals surface area contributed by atoms with Crippen LogP contribution in [0.5, 0.6) is 17.4 Å². The number of aliphatic hydroxyl groups excluding tert-OH is 1. The number of aliphatic hydroxyl groups is 1. The first kappa shape index (κ1) is 27.7. The molecule has 7 nitrogen and oxygen atoms in total. The molecule has 0 aliphatic carbocycles. The SMILES string of the molecule is COc1cccc(Oc2c(CN(CC(C)C)C[C@H](O)COCC(C)C)c(C)nn2-c2ccccc2)c1. The second-order valence-electron chi connectivity index (χ2n) is 10.1. The molecule has 36 heavy (non-hydrogen) atoms. The van der Waals surface area contributed by atoms with Gasteiger partial charge in [-0.05, 0) is 43.0 Å². The molecule has 0 aliphatic heterocycles. The average Bonchev–Trinajstić information content (AvgIpc) is 3.14. The van der Waals surface area contributed by atoms with Crippen LogP contribution in [0.2, 0.25) is 0 Å². The van der Waals surface area contributed by atoms with Crippen molar-refractivity contribution in [2.45, 2.75) is 47.3 Å². The summed E-state index contributed by atoms with van der Waals surface area (Å²) in [4.78, 5) is 2.26. The molecule has 7 heteroatoms. The summed E-state index contributed by atoms with van der Waals surface area (Å²) in [5.74, 6) is 2.92. The molecule has 0 bridgehead atoms. The molecule has 0 fully saturated rings. The first-order chi connectivity index (χ1) is 17.3. The van der Waals surface area contributed by atoms with E-state index in [1.807, 2.05) is 66.2 Å². The summed E-state index contributed by atoms with van der Waals surface area (Å²) in [6.07, 6.45) is -0.574. The van der Waals surface area contributed by atoms with Crippen molar-refractivity contribution in [3.05, 3.63) is 65.9 Å². The highest BCUT2D eigenvalue weighted by Gasteiger charge is 2.23. The summed E-state index contributed by atoms with van der Waals surface area (Å²) in [5, 5.41) is 15.6. The fraction of sp³-hybridized carbons (Fsp3) is 0.483. The van der Waals surface area contributed by atoms with Crippen molar-refractivity contribution >= 4 is 0 Å². The summed E-state index contributed by atoms with van der Waals surface area (Å²) in [6.45, 7) is 13.5. The highest BCUT2D eigenvalue weighted by atomic mass is 16.5. The molecule has 0 unspecified atom stereocenters. The molecule has 3 aromatic rings. The number of hydrogen-bond acceptors (Lipinski definition) is 6. The first-order valence-corrected chi connectivity index (χ1v) is 12.7. The fourth-order valence-corrected chi connectivity index (χ4v) is 4.08. The highest BCUT2D eigenvalue weighted by molar-refractivity contribution is 5.44. The van der Waals surface area contributed by atoms with Crippen molar-refractivity contribution in [1.29, 1.82) is 0 Å². The molecule has 1 heterocycles. The molecule has 1 atom stereocenters. The number of methoxy groups -OCH3 is 1. The zero-order valence-corrected chi connectivity index (χ0v) is 22.5. The van der Waals surface area contributed by atoms with Crippen molar-refractivity contribution in [3.8, 4) is 23.1 Å². The quantitative estimate of drug-likeness (QED) is 0.320. The van der Waals surface area contributed by atoms with Gasteiger partial charge in [0.2, 0.25) is 5.88 Å². The van der Waals surface area contributed by atoms with E-state index in [1.54, 1.807) is 7.11 Å². The van der Waals surface area contributed by atoms with Crippen molar-refractivity contribution in [2.75, 3.05) is 33.4 Å². The van der Waals surface area contributed by atoms with Gasteiger partial charge in [-0.1, -0.05) is 52.0 Å². The number of aryl methyl sites for hydroxylation is 1. The largest absolute Gasteiger partial charge is 0.497 e. The van der Waals surface area contributed by atoms with Gasteiger partial charge in [-0.15, -0.1) is 0 Å². The van der Waals surface area contributed by atoms with E-state index in [2.05, 4.69) is 32.6 Å². The zero-order valence-electron chi connectivity index (χ0n) is 22.5. The van der Waals surface area contributed by atoms with Gasteiger partial charge in [0.1, 0.15) is 11.5 Å². The van der Waals surface area contributed by atoms with Gasteiger partial charge < -0.3 is 19.3 Å². The Morgan fingerprint density at radius 3 is 2.31 bits per heavy atom. The lowest BCUT2D eigenvalue weighted by molar-refractivity contribution is 0.00511. The van der Waals surface area contributed by atoms with Gasteiger partial charge >= 0.3 is 0 Å². The van der Waals surface area contributed by atoms with Gasteiger partial charge in [0, 0.05) is 32.3 Å². The molecule has 196 valence electrons. The van der Waals surface area contributed by atoms with Crippen LogP contribution in [0.3, 0.4) is 0 Å². The molecule has 2 aromatic carbocycles. The zero-order chi connectivity index (χ0) is 26.1. The second kappa shape index (κ2) is 13.4. The Hall–Kier alpha value is -2.87. The third kappa shape index (κ3) is 8.08. The van der Waals surface area contributed by atoms with E-state index in [9.17, 15) is 5.11 Å². The van der Waals surface area contributed by atoms with E-state index in [1.165, 1.54) is 0 Å². The summed E-state index contributed by atoms with van der Waals surface area (Å²) in [7, 11) is 1.64. The maximum Gasteiger partial charge on any atom is 0.227 e. The third-order valence-corrected chi connectivity index (χ3v) is 5.63. The minimum atomic E-state index is -0.574. The Morgan fingerprint density at radius 1 is 0.917 bits per heavy atom. The number of para-hydroxylation sites is 1. The minimum absolute atomic E-state index is 0.322. The van der Waals surface area contributed by atoms with Crippen molar-refractivity contribution in [1.82, 2.24) is 14.7 Å². The Kier molecular flexibility index (Phi) is 10.3. The number of hydrogen-bond donors (Lipinski definition) is 1. The number of nitrogens with zero attached hydrogens (tertiary/aromatic N) is 3. The minimum Gasteiger partial charge on any atom is -0.497 e. The lowest BCUT2D eigenvalue weighted by Crippen LogP contribution is -2.37. The molecule has 3 rings (SSSR count). The maximum atomic E-state index is 10.7. The molecular formula is C29H41N3O4. The molecule has 0 saturated heterocycles. The molecular weight excluding hydrogens is 454 g/mol. The van der Waals surface area contributed by atoms with Gasteiger partial charge in [0.25, 0.3) is 0 Å². The lowest BCUT2D eigenvalue weighted by atomic mass is 10.1. The van der Waals surface area contributed by atoms with Crippen molar-refractivity contribution in [3.63, 3.8) is 0 Å². The normalized spacial score (nSPS) is 12.5. The Morgan fingerprint density at radius 2 is 1.64 bits per heavy atom. The van der Waals surface area contributed by atoms with Crippen molar-refractivity contribution in [2.24, 2.45) is 11.8 Å². The molecule has 0 radical (unpaired) electrons. The number of aromatic nitrogens is 2. The van der Waals surface area contributed by atoms with Crippen LogP contribution < -0.4 is 9.47 Å². The van der Waals surface area contributed by atoms with E-state index in [0.717, 1.165) is 29.2 Å². The summed E-state index contributed by atoms with van der Waals surface area (Å²) in [5.41, 5.74) is 2.79. The van der Waals surface area contributed by atoms with Crippen LogP contribution in [0.4, 0.5) is 0 Å². The van der Waals surface area contributed by atoms with Crippen LogP contribution in [-0.4, -0.2) is 59.3 Å². The topological polar surface area (TPSA) is 69.0 Å². The van der Waals surface area contributed by atoms with E-state index in [4.69, 9.17) is 19.3 Å². The van der Waals surface area contributed by atoms with Crippen LogP contribution in [-0.2, 0) is 11.3 Å². The molecule has 1 aromatic heterocycles. The standard InChI is InChI=1S/C29H41N3O4/c1-21(2)16-31(17-25(33)20-35-19-22(3)4)18-28-23(5)30-32(24-11-8-7-9-12-24)29(28)36-27-14-10-13-26(15-27)34-6/h7-15,21-22,25,33H,16-20H2,1-6H3/t25-/m0/s1. The average molecular weight is 496 g/mol. The number of ether oxygens (including phenoxy) is 3. The summed E-state index contributed by atoms with van der Waals surface area (Å²) < 4.78 is 19.4. The molecule has 0 amide bonds. The first-order valence-electron chi connectivity index (χ1n) is 12.7. The van der Waals surface area contributed by atoms with Gasteiger partial charge in [-0.3, -0.25) is 4.90 Å². The van der Waals surface area contributed by atoms with E-state index in [0.29, 0.717) is 49.8 Å². The fourth-order valence-electron chi connectivity index (χ4n) is 4.08. The second-order valence-corrected chi connectivity index (χ2v) is 10.1. The van der Waals surface area contributed by atoms with Crippen LogP contribution in [0.1, 0.15) is 39.0 Å². The summed E-state index contributed by atoms with van der Waals surface area (Å²) >= 11 is 0. The third-order valence-electron chi connectivity index (χ3n) is 5.63. The molecule has 0 spiro atoms. The molecule has 0 saturated carbocycles. The van der Waals surface area contributed by atoms with Gasteiger partial charge in [0.05, 0.1) is 36.8 Å².